The van der Waals surface area contributed by atoms with E-state index in [1.165, 1.54) is 6.21 Å². The van der Waals surface area contributed by atoms with Crippen molar-refractivity contribution >= 4 is 46.9 Å². The summed E-state index contributed by atoms with van der Waals surface area (Å²) in [4.78, 5) is 11.9. The highest BCUT2D eigenvalue weighted by Crippen LogP contribution is 2.35. The molecule has 1 amide bonds. The Hall–Kier alpha value is -2.47. The lowest BCUT2D eigenvalue weighted by Gasteiger charge is -2.08. The van der Waals surface area contributed by atoms with Gasteiger partial charge in [-0.1, -0.05) is 46.9 Å². The lowest BCUT2D eigenvalue weighted by atomic mass is 10.1. The van der Waals surface area contributed by atoms with Gasteiger partial charge in [0.1, 0.15) is 17.3 Å². The Labute approximate surface area is 183 Å². The third kappa shape index (κ3) is 5.54. The number of carbonyl (C=O) groups is 1. The van der Waals surface area contributed by atoms with Crippen LogP contribution in [0.2, 0.25) is 15.1 Å². The highest BCUT2D eigenvalue weighted by atomic mass is 35.5. The van der Waals surface area contributed by atoms with Crippen LogP contribution in [-0.2, 0) is 4.79 Å². The van der Waals surface area contributed by atoms with E-state index >= 15 is 0 Å². The van der Waals surface area contributed by atoms with Crippen molar-refractivity contribution in [2.45, 2.75) is 13.8 Å². The van der Waals surface area contributed by atoms with E-state index in [9.17, 15) is 4.79 Å². The fourth-order valence-corrected chi connectivity index (χ4v) is 3.12. The minimum atomic E-state index is -0.388. The number of nitrogens with one attached hydrogen (secondary N) is 1. The smallest absolute Gasteiger partial charge is 0.277 e. The predicted molar refractivity (Wildman–Crippen MR) is 116 cm³/mol. The normalized spacial score (nSPS) is 11.1. The Kier molecular flexibility index (Phi) is 6.85. The molecule has 0 aliphatic rings. The average Bonchev–Trinajstić information content (AvgIpc) is 3.14. The van der Waals surface area contributed by atoms with Gasteiger partial charge in [-0.15, -0.1) is 0 Å². The molecule has 1 heterocycles. The van der Waals surface area contributed by atoms with E-state index in [-0.39, 0.29) is 12.5 Å². The van der Waals surface area contributed by atoms with Gasteiger partial charge in [0.15, 0.2) is 6.61 Å². The van der Waals surface area contributed by atoms with Crippen LogP contribution >= 0.6 is 34.8 Å². The number of carbonyl (C=O) groups excluding carboxylic acids is 1. The molecule has 0 bridgehead atoms. The van der Waals surface area contributed by atoms with Crippen LogP contribution < -0.4 is 10.2 Å². The first-order valence-electron chi connectivity index (χ1n) is 8.60. The van der Waals surface area contributed by atoms with E-state index in [4.69, 9.17) is 44.0 Å². The quantitative estimate of drug-likeness (QED) is 0.282. The molecule has 5 nitrogen and oxygen atoms in total. The van der Waals surface area contributed by atoms with Crippen LogP contribution in [0.5, 0.6) is 5.75 Å². The molecule has 3 aromatic rings. The third-order valence-corrected chi connectivity index (χ3v) is 5.02. The molecular formula is C21H17Cl3N2O3. The zero-order chi connectivity index (χ0) is 21.0. The number of furan rings is 1. The molecule has 0 aliphatic carbocycles. The first-order valence-corrected chi connectivity index (χ1v) is 9.73. The second-order valence-electron chi connectivity index (χ2n) is 6.30. The molecule has 0 spiro atoms. The fraction of sp³-hybridized carbons (Fsp3) is 0.143. The standard InChI is InChI=1S/C21H17Cl3N2O3/c1-12-3-4-13(2)20(7-12)28-11-21(27)26-25-10-14-5-6-19(29-14)15-8-17(23)18(24)9-16(15)22/h3-10H,11H2,1-2H3,(H,26,27). The SMILES string of the molecule is Cc1ccc(C)c(OCC(=O)NN=Cc2ccc(-c3cc(Cl)c(Cl)cc3Cl)o2)c1. The highest BCUT2D eigenvalue weighted by molar-refractivity contribution is 6.44. The van der Waals surface area contributed by atoms with E-state index in [0.29, 0.717) is 37.9 Å². The number of amides is 1. The van der Waals surface area contributed by atoms with Crippen molar-refractivity contribution in [2.24, 2.45) is 5.10 Å². The molecule has 8 heteroatoms. The molecule has 0 fully saturated rings. The van der Waals surface area contributed by atoms with Crippen molar-refractivity contribution in [3.63, 3.8) is 0 Å². The summed E-state index contributed by atoms with van der Waals surface area (Å²) < 4.78 is 11.2. The van der Waals surface area contributed by atoms with Crippen molar-refractivity contribution in [2.75, 3.05) is 6.61 Å². The predicted octanol–water partition coefficient (Wildman–Crippen LogP) is 6.05. The summed E-state index contributed by atoms with van der Waals surface area (Å²) in [5.74, 6) is 1.21. The van der Waals surface area contributed by atoms with E-state index in [0.717, 1.165) is 11.1 Å². The molecule has 29 heavy (non-hydrogen) atoms. The summed E-state index contributed by atoms with van der Waals surface area (Å²) in [6, 6.07) is 12.4. The molecule has 0 atom stereocenters. The number of nitrogens with zero attached hydrogens (tertiary/aromatic N) is 1. The molecular weight excluding hydrogens is 435 g/mol. The molecule has 0 saturated carbocycles. The Morgan fingerprint density at radius 2 is 1.83 bits per heavy atom. The zero-order valence-electron chi connectivity index (χ0n) is 15.6. The Balaban J connectivity index is 1.58. The Bertz CT molecular complexity index is 1080. The van der Waals surface area contributed by atoms with Crippen LogP contribution in [0.4, 0.5) is 0 Å². The first-order chi connectivity index (χ1) is 13.8. The van der Waals surface area contributed by atoms with Gasteiger partial charge in [0.2, 0.25) is 0 Å². The lowest BCUT2D eigenvalue weighted by Crippen LogP contribution is -2.24. The molecule has 1 aromatic heterocycles. The van der Waals surface area contributed by atoms with Crippen LogP contribution in [0.3, 0.4) is 0 Å². The third-order valence-electron chi connectivity index (χ3n) is 3.99. The zero-order valence-corrected chi connectivity index (χ0v) is 17.9. The minimum absolute atomic E-state index is 0.149. The van der Waals surface area contributed by atoms with Crippen molar-refractivity contribution < 1.29 is 13.9 Å². The Morgan fingerprint density at radius 3 is 2.62 bits per heavy atom. The topological polar surface area (TPSA) is 63.8 Å². The number of ether oxygens (including phenoxy) is 1. The van der Waals surface area contributed by atoms with Crippen molar-refractivity contribution in [1.29, 1.82) is 0 Å². The van der Waals surface area contributed by atoms with Crippen molar-refractivity contribution in [3.8, 4) is 17.1 Å². The summed E-state index contributed by atoms with van der Waals surface area (Å²) in [6.45, 7) is 3.73. The molecule has 1 N–H and O–H groups in total. The molecule has 0 radical (unpaired) electrons. The lowest BCUT2D eigenvalue weighted by molar-refractivity contribution is -0.123. The molecule has 150 valence electrons. The largest absolute Gasteiger partial charge is 0.483 e. The maximum absolute atomic E-state index is 11.9. The first kappa shape index (κ1) is 21.2. The van der Waals surface area contributed by atoms with Crippen LogP contribution in [-0.4, -0.2) is 18.7 Å². The summed E-state index contributed by atoms with van der Waals surface area (Å²) in [6.07, 6.45) is 1.38. The number of benzene rings is 2. The highest BCUT2D eigenvalue weighted by Gasteiger charge is 2.11. The maximum Gasteiger partial charge on any atom is 0.277 e. The van der Waals surface area contributed by atoms with Crippen LogP contribution in [0.25, 0.3) is 11.3 Å². The van der Waals surface area contributed by atoms with E-state index < -0.39 is 0 Å². The van der Waals surface area contributed by atoms with Gasteiger partial charge in [0.25, 0.3) is 5.91 Å². The number of rotatable bonds is 6. The van der Waals surface area contributed by atoms with Gasteiger partial charge in [-0.05, 0) is 55.3 Å². The number of halogens is 3. The van der Waals surface area contributed by atoms with Gasteiger partial charge < -0.3 is 9.15 Å². The summed E-state index contributed by atoms with van der Waals surface area (Å²) >= 11 is 18.2. The summed E-state index contributed by atoms with van der Waals surface area (Å²) in [5.41, 5.74) is 5.01. The maximum atomic E-state index is 11.9. The number of hydrazone groups is 1. The van der Waals surface area contributed by atoms with Gasteiger partial charge >= 0.3 is 0 Å². The molecule has 0 aliphatic heterocycles. The minimum Gasteiger partial charge on any atom is -0.483 e. The second-order valence-corrected chi connectivity index (χ2v) is 7.52. The van der Waals surface area contributed by atoms with Crippen LogP contribution in [0, 0.1) is 13.8 Å². The van der Waals surface area contributed by atoms with Gasteiger partial charge in [-0.25, -0.2) is 5.43 Å². The number of aryl methyl sites for hydroxylation is 2. The van der Waals surface area contributed by atoms with Gasteiger partial charge in [-0.2, -0.15) is 5.10 Å². The van der Waals surface area contributed by atoms with Gasteiger partial charge in [0, 0.05) is 5.56 Å². The summed E-state index contributed by atoms with van der Waals surface area (Å²) in [5, 5.41) is 5.02. The van der Waals surface area contributed by atoms with Gasteiger partial charge in [0.05, 0.1) is 21.3 Å². The van der Waals surface area contributed by atoms with Crippen molar-refractivity contribution in [3.05, 3.63) is 74.4 Å². The molecule has 0 saturated heterocycles. The Morgan fingerprint density at radius 1 is 1.07 bits per heavy atom. The van der Waals surface area contributed by atoms with Crippen molar-refractivity contribution in [1.82, 2.24) is 5.43 Å². The average molecular weight is 452 g/mol. The fourth-order valence-electron chi connectivity index (χ4n) is 2.48. The van der Waals surface area contributed by atoms with E-state index in [1.54, 1.807) is 24.3 Å². The van der Waals surface area contributed by atoms with E-state index in [2.05, 4.69) is 10.5 Å². The number of hydrogen-bond acceptors (Lipinski definition) is 4. The van der Waals surface area contributed by atoms with Crippen LogP contribution in [0.15, 0.2) is 52.0 Å². The van der Waals surface area contributed by atoms with E-state index in [1.807, 2.05) is 32.0 Å². The molecule has 3 rings (SSSR count). The number of hydrogen-bond donors (Lipinski definition) is 1. The monoisotopic (exact) mass is 450 g/mol. The molecule has 0 unspecified atom stereocenters. The summed E-state index contributed by atoms with van der Waals surface area (Å²) in [7, 11) is 0. The van der Waals surface area contributed by atoms with Gasteiger partial charge in [-0.3, -0.25) is 4.79 Å². The second kappa shape index (κ2) is 9.35. The van der Waals surface area contributed by atoms with Crippen LogP contribution in [0.1, 0.15) is 16.9 Å². The molecule has 2 aromatic carbocycles.